The first-order valence-corrected chi connectivity index (χ1v) is 8.46. The van der Waals surface area contributed by atoms with Gasteiger partial charge in [0.25, 0.3) is 5.69 Å². The van der Waals surface area contributed by atoms with Gasteiger partial charge in [-0.05, 0) is 35.9 Å². The molecule has 0 spiro atoms. The van der Waals surface area contributed by atoms with Gasteiger partial charge >= 0.3 is 6.03 Å². The van der Waals surface area contributed by atoms with Gasteiger partial charge in [0.05, 0.1) is 17.7 Å². The lowest BCUT2D eigenvalue weighted by Crippen LogP contribution is -2.34. The van der Waals surface area contributed by atoms with Crippen molar-refractivity contribution in [1.82, 2.24) is 4.90 Å². The summed E-state index contributed by atoms with van der Waals surface area (Å²) in [6.45, 7) is 0.501. The molecule has 138 valence electrons. The number of nitro groups is 1. The fourth-order valence-electron chi connectivity index (χ4n) is 2.50. The molecular formula is C19H16ClN3O4. The predicted octanol–water partition coefficient (Wildman–Crippen LogP) is 5.08. The minimum atomic E-state index is -0.462. The number of urea groups is 1. The van der Waals surface area contributed by atoms with Crippen LogP contribution in [0.4, 0.5) is 16.2 Å². The van der Waals surface area contributed by atoms with Gasteiger partial charge in [0.1, 0.15) is 5.76 Å². The summed E-state index contributed by atoms with van der Waals surface area (Å²) < 4.78 is 5.34. The molecule has 1 aromatic heterocycles. The van der Waals surface area contributed by atoms with E-state index in [2.05, 4.69) is 5.32 Å². The highest BCUT2D eigenvalue weighted by Crippen LogP contribution is 2.18. The first kappa shape index (κ1) is 18.5. The molecule has 8 heteroatoms. The number of hydrogen-bond donors (Lipinski definition) is 1. The van der Waals surface area contributed by atoms with Crippen LogP contribution in [0.3, 0.4) is 0 Å². The van der Waals surface area contributed by atoms with Crippen molar-refractivity contribution in [3.05, 3.63) is 93.4 Å². The van der Waals surface area contributed by atoms with Crippen LogP contribution in [0.15, 0.2) is 71.3 Å². The van der Waals surface area contributed by atoms with Crippen molar-refractivity contribution in [2.75, 3.05) is 5.32 Å². The Bertz CT molecular complexity index is 926. The first-order valence-electron chi connectivity index (χ1n) is 8.08. The van der Waals surface area contributed by atoms with Crippen molar-refractivity contribution in [3.8, 4) is 0 Å². The lowest BCUT2D eigenvalue weighted by atomic mass is 10.2. The van der Waals surface area contributed by atoms with E-state index in [1.54, 1.807) is 53.4 Å². The number of benzene rings is 2. The summed E-state index contributed by atoms with van der Waals surface area (Å²) in [7, 11) is 0. The number of anilines is 1. The number of nitrogens with zero attached hydrogens (tertiary/aromatic N) is 2. The van der Waals surface area contributed by atoms with E-state index in [0.717, 1.165) is 5.56 Å². The van der Waals surface area contributed by atoms with Crippen LogP contribution in [0.5, 0.6) is 0 Å². The molecule has 0 fully saturated rings. The van der Waals surface area contributed by atoms with E-state index in [4.69, 9.17) is 16.0 Å². The van der Waals surface area contributed by atoms with Crippen molar-refractivity contribution < 1.29 is 14.1 Å². The zero-order valence-electron chi connectivity index (χ0n) is 14.2. The first-order chi connectivity index (χ1) is 13.0. The molecule has 0 unspecified atom stereocenters. The lowest BCUT2D eigenvalue weighted by molar-refractivity contribution is -0.384. The molecule has 0 aliphatic rings. The van der Waals surface area contributed by atoms with Gasteiger partial charge in [-0.2, -0.15) is 0 Å². The predicted molar refractivity (Wildman–Crippen MR) is 102 cm³/mol. The molecule has 7 nitrogen and oxygen atoms in total. The van der Waals surface area contributed by atoms with Crippen LogP contribution in [0, 0.1) is 10.1 Å². The highest BCUT2D eigenvalue weighted by atomic mass is 35.5. The highest BCUT2D eigenvalue weighted by Gasteiger charge is 2.17. The Hall–Kier alpha value is -3.32. The largest absolute Gasteiger partial charge is 0.467 e. The Balaban J connectivity index is 1.77. The van der Waals surface area contributed by atoms with Crippen molar-refractivity contribution in [2.24, 2.45) is 0 Å². The maximum Gasteiger partial charge on any atom is 0.322 e. The fourth-order valence-corrected chi connectivity index (χ4v) is 2.69. The second kappa shape index (κ2) is 8.37. The van der Waals surface area contributed by atoms with E-state index in [1.807, 2.05) is 0 Å². The highest BCUT2D eigenvalue weighted by molar-refractivity contribution is 6.30. The molecule has 0 aliphatic carbocycles. The molecule has 1 N–H and O–H groups in total. The van der Waals surface area contributed by atoms with Crippen molar-refractivity contribution in [1.29, 1.82) is 0 Å². The maximum atomic E-state index is 12.8. The Morgan fingerprint density at radius 1 is 1.11 bits per heavy atom. The number of halogens is 1. The van der Waals surface area contributed by atoms with Crippen molar-refractivity contribution in [2.45, 2.75) is 13.1 Å². The van der Waals surface area contributed by atoms with E-state index in [1.165, 1.54) is 18.4 Å². The smallest absolute Gasteiger partial charge is 0.322 e. The van der Waals surface area contributed by atoms with Gasteiger partial charge in [-0.1, -0.05) is 29.8 Å². The number of hydrogen-bond acceptors (Lipinski definition) is 4. The van der Waals surface area contributed by atoms with Crippen LogP contribution in [0.1, 0.15) is 11.3 Å². The quantitative estimate of drug-likeness (QED) is 0.473. The Kier molecular flexibility index (Phi) is 5.73. The molecule has 0 saturated carbocycles. The van der Waals surface area contributed by atoms with Crippen LogP contribution < -0.4 is 5.32 Å². The maximum absolute atomic E-state index is 12.8. The average Bonchev–Trinajstić information content (AvgIpc) is 3.15. The number of nitro benzene ring substituents is 1. The second-order valence-electron chi connectivity index (χ2n) is 5.80. The summed E-state index contributed by atoms with van der Waals surface area (Å²) in [6, 6.07) is 16.1. The minimum absolute atomic E-state index is 0.000265. The number of carbonyl (C=O) groups excluding carboxylic acids is 1. The molecule has 0 bridgehead atoms. The van der Waals surface area contributed by atoms with Crippen LogP contribution in [-0.4, -0.2) is 15.9 Å². The van der Waals surface area contributed by atoms with Gasteiger partial charge in [0.2, 0.25) is 0 Å². The van der Waals surface area contributed by atoms with E-state index in [0.29, 0.717) is 16.5 Å². The van der Waals surface area contributed by atoms with Gasteiger partial charge < -0.3 is 14.6 Å². The molecule has 0 radical (unpaired) electrons. The molecule has 0 saturated heterocycles. The van der Waals surface area contributed by atoms with Gasteiger partial charge in [-0.3, -0.25) is 10.1 Å². The van der Waals surface area contributed by atoms with Gasteiger partial charge in [0, 0.05) is 29.4 Å². The van der Waals surface area contributed by atoms with Crippen molar-refractivity contribution >= 4 is 29.0 Å². The second-order valence-corrected chi connectivity index (χ2v) is 6.24. The number of furan rings is 1. The normalized spacial score (nSPS) is 10.4. The van der Waals surface area contributed by atoms with Crippen LogP contribution in [0.25, 0.3) is 0 Å². The Morgan fingerprint density at radius 2 is 1.89 bits per heavy atom. The van der Waals surface area contributed by atoms with E-state index in [9.17, 15) is 14.9 Å². The Morgan fingerprint density at radius 3 is 2.52 bits per heavy atom. The molecule has 3 aromatic rings. The Labute approximate surface area is 160 Å². The van der Waals surface area contributed by atoms with E-state index >= 15 is 0 Å². The zero-order chi connectivity index (χ0) is 19.2. The summed E-state index contributed by atoms with van der Waals surface area (Å²) in [5.41, 5.74) is 1.33. The monoisotopic (exact) mass is 385 g/mol. The minimum Gasteiger partial charge on any atom is -0.467 e. The summed E-state index contributed by atoms with van der Waals surface area (Å²) in [5, 5.41) is 14.1. The SMILES string of the molecule is O=C(Nc1cccc(Cl)c1)N(Cc1ccc([N+](=O)[O-])cc1)Cc1ccco1. The van der Waals surface area contributed by atoms with E-state index in [-0.39, 0.29) is 24.8 Å². The number of carbonyl (C=O) groups is 1. The molecule has 2 amide bonds. The fraction of sp³-hybridized carbons (Fsp3) is 0.105. The van der Waals surface area contributed by atoms with Crippen molar-refractivity contribution in [3.63, 3.8) is 0 Å². The lowest BCUT2D eigenvalue weighted by Gasteiger charge is -2.22. The van der Waals surface area contributed by atoms with Crippen LogP contribution >= 0.6 is 11.6 Å². The summed E-state index contributed by atoms with van der Waals surface area (Å²) in [5.74, 6) is 0.623. The molecule has 0 aliphatic heterocycles. The standard InChI is InChI=1S/C19H16ClN3O4/c20-15-3-1-4-16(11-15)21-19(24)22(13-18-5-2-10-27-18)12-14-6-8-17(9-7-14)23(25)26/h1-11H,12-13H2,(H,21,24). The van der Waals surface area contributed by atoms with E-state index < -0.39 is 4.92 Å². The third-order valence-corrected chi connectivity index (χ3v) is 4.05. The molecular weight excluding hydrogens is 370 g/mol. The number of nitrogens with one attached hydrogen (secondary N) is 1. The molecule has 2 aromatic carbocycles. The topological polar surface area (TPSA) is 88.6 Å². The summed E-state index contributed by atoms with van der Waals surface area (Å²) >= 11 is 5.96. The third-order valence-electron chi connectivity index (χ3n) is 3.81. The molecule has 0 atom stereocenters. The van der Waals surface area contributed by atoms with Crippen LogP contribution in [0.2, 0.25) is 5.02 Å². The third kappa shape index (κ3) is 5.08. The number of amides is 2. The summed E-state index contributed by atoms with van der Waals surface area (Å²) in [4.78, 5) is 24.6. The number of non-ortho nitro benzene ring substituents is 1. The molecule has 1 heterocycles. The molecule has 3 rings (SSSR count). The van der Waals surface area contributed by atoms with Gasteiger partial charge in [-0.15, -0.1) is 0 Å². The van der Waals surface area contributed by atoms with Gasteiger partial charge in [-0.25, -0.2) is 4.79 Å². The average molecular weight is 386 g/mol. The summed E-state index contributed by atoms with van der Waals surface area (Å²) in [6.07, 6.45) is 1.54. The molecule has 27 heavy (non-hydrogen) atoms. The van der Waals surface area contributed by atoms with Crippen LogP contribution in [-0.2, 0) is 13.1 Å². The number of rotatable bonds is 6. The van der Waals surface area contributed by atoms with Gasteiger partial charge in [0.15, 0.2) is 0 Å². The zero-order valence-corrected chi connectivity index (χ0v) is 14.9.